The van der Waals surface area contributed by atoms with E-state index in [4.69, 9.17) is 0 Å². The maximum Gasteiger partial charge on any atom is 0.324 e. The number of nitrogens with zero attached hydrogens (tertiary/aromatic N) is 3. The minimum absolute atomic E-state index is 0.0351. The van der Waals surface area contributed by atoms with E-state index < -0.39 is 0 Å². The summed E-state index contributed by atoms with van der Waals surface area (Å²) in [6, 6.07) is 9.25. The third-order valence-electron chi connectivity index (χ3n) is 4.60. The Morgan fingerprint density at radius 3 is 2.29 bits per heavy atom. The molecule has 7 nitrogen and oxygen atoms in total. The first-order valence-electron chi connectivity index (χ1n) is 9.23. The van der Waals surface area contributed by atoms with E-state index in [9.17, 15) is 9.59 Å². The third kappa shape index (κ3) is 4.88. The van der Waals surface area contributed by atoms with Gasteiger partial charge in [0, 0.05) is 31.9 Å². The number of hydrogen-bond acceptors (Lipinski definition) is 4. The van der Waals surface area contributed by atoms with Crippen molar-refractivity contribution in [2.24, 2.45) is 0 Å². The van der Waals surface area contributed by atoms with Gasteiger partial charge >= 0.3 is 6.03 Å². The maximum absolute atomic E-state index is 12.2. The molecule has 1 fully saturated rings. The molecule has 0 radical (unpaired) electrons. The van der Waals surface area contributed by atoms with Crippen LogP contribution in [-0.4, -0.2) is 48.0 Å². The average Bonchev–Trinajstić information content (AvgIpc) is 2.67. The molecule has 146 valence electrons. The summed E-state index contributed by atoms with van der Waals surface area (Å²) in [5, 5.41) is 5.57. The number of pyridine rings is 1. The van der Waals surface area contributed by atoms with Crippen molar-refractivity contribution in [3.63, 3.8) is 0 Å². The first-order chi connectivity index (χ1) is 13.4. The number of hydrogen-bond donors (Lipinski definition) is 2. The molecule has 28 heavy (non-hydrogen) atoms. The van der Waals surface area contributed by atoms with Crippen LogP contribution in [0.15, 0.2) is 49.2 Å². The minimum atomic E-state index is -0.332. The van der Waals surface area contributed by atoms with Crippen LogP contribution >= 0.6 is 0 Å². The first-order valence-corrected chi connectivity index (χ1v) is 9.23. The lowest BCUT2D eigenvalue weighted by Crippen LogP contribution is -2.48. The molecule has 0 unspecified atom stereocenters. The van der Waals surface area contributed by atoms with E-state index in [2.05, 4.69) is 33.2 Å². The Bertz CT molecular complexity index is 851. The van der Waals surface area contributed by atoms with Crippen molar-refractivity contribution in [2.75, 3.05) is 41.7 Å². The van der Waals surface area contributed by atoms with E-state index >= 15 is 0 Å². The van der Waals surface area contributed by atoms with Gasteiger partial charge < -0.3 is 15.1 Å². The van der Waals surface area contributed by atoms with E-state index in [1.807, 2.05) is 32.0 Å². The molecule has 0 saturated carbocycles. The van der Waals surface area contributed by atoms with Crippen LogP contribution in [0.25, 0.3) is 0 Å². The molecular weight excluding hydrogens is 354 g/mol. The van der Waals surface area contributed by atoms with Gasteiger partial charge in [-0.3, -0.25) is 10.1 Å². The van der Waals surface area contributed by atoms with Crippen LogP contribution in [0.5, 0.6) is 0 Å². The molecule has 2 N–H and O–H groups in total. The maximum atomic E-state index is 12.2. The number of aromatic nitrogens is 1. The van der Waals surface area contributed by atoms with Crippen molar-refractivity contribution in [2.45, 2.75) is 13.8 Å². The zero-order chi connectivity index (χ0) is 20.1. The second-order valence-electron chi connectivity index (χ2n) is 6.87. The number of nitrogens with one attached hydrogen (secondary N) is 2. The smallest absolute Gasteiger partial charge is 0.324 e. The normalized spacial score (nSPS) is 13.8. The summed E-state index contributed by atoms with van der Waals surface area (Å²) in [5.74, 6) is 0.443. The van der Waals surface area contributed by atoms with Crippen LogP contribution in [-0.2, 0) is 4.79 Å². The van der Waals surface area contributed by atoms with Gasteiger partial charge in [0.2, 0.25) is 5.91 Å². The van der Waals surface area contributed by atoms with Gasteiger partial charge in [-0.25, -0.2) is 9.78 Å². The fraction of sp³-hybridized carbons (Fsp3) is 0.286. The Balaban J connectivity index is 1.55. The van der Waals surface area contributed by atoms with Crippen LogP contribution in [0, 0.1) is 13.8 Å². The molecule has 0 atom stereocenters. The fourth-order valence-electron chi connectivity index (χ4n) is 3.29. The van der Waals surface area contributed by atoms with Gasteiger partial charge in [-0.2, -0.15) is 0 Å². The Morgan fingerprint density at radius 2 is 1.71 bits per heavy atom. The zero-order valence-corrected chi connectivity index (χ0v) is 16.2. The third-order valence-corrected chi connectivity index (χ3v) is 4.60. The molecule has 0 spiro atoms. The van der Waals surface area contributed by atoms with Gasteiger partial charge in [-0.15, -0.1) is 0 Å². The lowest BCUT2D eigenvalue weighted by molar-refractivity contribution is -0.126. The number of anilines is 3. The Labute approximate surface area is 165 Å². The summed E-state index contributed by atoms with van der Waals surface area (Å²) in [6.45, 7) is 10.3. The molecule has 1 aromatic heterocycles. The summed E-state index contributed by atoms with van der Waals surface area (Å²) < 4.78 is 0. The number of urea groups is 1. The summed E-state index contributed by atoms with van der Waals surface area (Å²) in [7, 11) is 0. The van der Waals surface area contributed by atoms with Crippen molar-refractivity contribution >= 4 is 29.1 Å². The molecule has 2 aromatic rings. The second kappa shape index (κ2) is 8.56. The highest BCUT2D eigenvalue weighted by Crippen LogP contribution is 2.18. The molecule has 1 aliphatic rings. The minimum Gasteiger partial charge on any atom is -0.367 e. The standard InChI is InChI=1S/C21H25N5O2/c1-4-20(27)26-9-7-25(8-10-26)18-5-6-19(22-14-18)24-21(28)23-17-12-15(2)11-16(3)13-17/h4-6,11-14H,1,7-10H2,2-3H3,(H2,22,23,24,28). The van der Waals surface area contributed by atoms with Crippen LogP contribution in [0.2, 0.25) is 0 Å². The summed E-state index contributed by atoms with van der Waals surface area (Å²) in [4.78, 5) is 32.1. The molecule has 2 heterocycles. The van der Waals surface area contributed by atoms with Crippen LogP contribution in [0.1, 0.15) is 11.1 Å². The van der Waals surface area contributed by atoms with Crippen LogP contribution in [0.4, 0.5) is 22.0 Å². The van der Waals surface area contributed by atoms with E-state index in [-0.39, 0.29) is 11.9 Å². The number of piperazine rings is 1. The van der Waals surface area contributed by atoms with Gasteiger partial charge in [0.05, 0.1) is 11.9 Å². The number of rotatable bonds is 4. The van der Waals surface area contributed by atoms with E-state index in [0.717, 1.165) is 35.6 Å². The van der Waals surface area contributed by atoms with Gasteiger partial charge in [0.1, 0.15) is 5.82 Å². The van der Waals surface area contributed by atoms with Crippen molar-refractivity contribution < 1.29 is 9.59 Å². The molecule has 0 aliphatic carbocycles. The number of amides is 3. The van der Waals surface area contributed by atoms with Crippen LogP contribution < -0.4 is 15.5 Å². The van der Waals surface area contributed by atoms with Crippen molar-refractivity contribution in [1.29, 1.82) is 0 Å². The number of carbonyl (C=O) groups is 2. The van der Waals surface area contributed by atoms with Crippen molar-refractivity contribution in [3.8, 4) is 0 Å². The quantitative estimate of drug-likeness (QED) is 0.800. The molecule has 1 aliphatic heterocycles. The molecule has 1 aromatic carbocycles. The van der Waals surface area contributed by atoms with Crippen molar-refractivity contribution in [3.05, 3.63) is 60.3 Å². The highest BCUT2D eigenvalue weighted by atomic mass is 16.2. The lowest BCUT2D eigenvalue weighted by atomic mass is 10.1. The highest BCUT2D eigenvalue weighted by molar-refractivity contribution is 5.99. The number of aryl methyl sites for hydroxylation is 2. The first kappa shape index (κ1) is 19.4. The van der Waals surface area contributed by atoms with Gasteiger partial charge in [-0.05, 0) is 55.3 Å². The fourth-order valence-corrected chi connectivity index (χ4v) is 3.29. The Hall–Kier alpha value is -3.35. The second-order valence-corrected chi connectivity index (χ2v) is 6.87. The molecule has 1 saturated heterocycles. The molecule has 3 rings (SSSR count). The monoisotopic (exact) mass is 379 g/mol. The number of benzene rings is 1. The summed E-state index contributed by atoms with van der Waals surface area (Å²) >= 11 is 0. The number of carbonyl (C=O) groups excluding carboxylic acids is 2. The lowest BCUT2D eigenvalue weighted by Gasteiger charge is -2.35. The van der Waals surface area contributed by atoms with Gasteiger partial charge in [0.15, 0.2) is 0 Å². The highest BCUT2D eigenvalue weighted by Gasteiger charge is 2.19. The Morgan fingerprint density at radius 1 is 1.04 bits per heavy atom. The predicted molar refractivity (Wildman–Crippen MR) is 112 cm³/mol. The molecular formula is C21H25N5O2. The molecule has 0 bridgehead atoms. The summed E-state index contributed by atoms with van der Waals surface area (Å²) in [6.07, 6.45) is 3.08. The molecule has 7 heteroatoms. The SMILES string of the molecule is C=CC(=O)N1CCN(c2ccc(NC(=O)Nc3cc(C)cc(C)c3)nc2)CC1. The van der Waals surface area contributed by atoms with Gasteiger partial charge in [-0.1, -0.05) is 12.6 Å². The van der Waals surface area contributed by atoms with E-state index in [1.54, 1.807) is 17.2 Å². The molecule has 3 amide bonds. The topological polar surface area (TPSA) is 77.6 Å². The largest absolute Gasteiger partial charge is 0.367 e. The summed E-state index contributed by atoms with van der Waals surface area (Å²) in [5.41, 5.74) is 3.89. The zero-order valence-electron chi connectivity index (χ0n) is 16.2. The van der Waals surface area contributed by atoms with E-state index in [1.165, 1.54) is 6.08 Å². The van der Waals surface area contributed by atoms with E-state index in [0.29, 0.717) is 18.9 Å². The average molecular weight is 379 g/mol. The predicted octanol–water partition coefficient (Wildman–Crippen LogP) is 3.18. The Kier molecular flexibility index (Phi) is 5.93. The van der Waals surface area contributed by atoms with Gasteiger partial charge in [0.25, 0.3) is 0 Å². The van der Waals surface area contributed by atoms with Crippen LogP contribution in [0.3, 0.4) is 0 Å². The van der Waals surface area contributed by atoms with Crippen molar-refractivity contribution in [1.82, 2.24) is 9.88 Å².